The van der Waals surface area contributed by atoms with Gasteiger partial charge >= 0.3 is 0 Å². The molecule has 0 bridgehead atoms. The second-order valence-electron chi connectivity index (χ2n) is 5.45. The third kappa shape index (κ3) is 1.76. The van der Waals surface area contributed by atoms with E-state index in [9.17, 15) is 14.6 Å². The van der Waals surface area contributed by atoms with Crippen LogP contribution in [-0.4, -0.2) is 22.7 Å². The van der Waals surface area contributed by atoms with E-state index in [2.05, 4.69) is 0 Å². The van der Waals surface area contributed by atoms with Gasteiger partial charge in [-0.1, -0.05) is 5.57 Å². The van der Waals surface area contributed by atoms with Crippen LogP contribution in [-0.2, 0) is 0 Å². The first-order chi connectivity index (χ1) is 8.18. The van der Waals surface area contributed by atoms with Gasteiger partial charge in [0.05, 0.1) is 0 Å². The topological polar surface area (TPSA) is 40.5 Å². The minimum Gasteiger partial charge on any atom is -0.368 e. The minimum absolute atomic E-state index is 0.0422. The van der Waals surface area contributed by atoms with Crippen molar-refractivity contribution in [3.8, 4) is 0 Å². The number of fused-ring (bicyclic) bond motifs is 1. The van der Waals surface area contributed by atoms with Crippen molar-refractivity contribution >= 4 is 0 Å². The predicted molar refractivity (Wildman–Crippen MR) is 63.0 cm³/mol. The number of alkyl halides is 1. The van der Waals surface area contributed by atoms with Gasteiger partial charge in [0.2, 0.25) is 0 Å². The van der Waals surface area contributed by atoms with Crippen LogP contribution >= 0.6 is 0 Å². The molecule has 0 aromatic carbocycles. The number of aliphatic hydroxyl groups is 2. The van der Waals surface area contributed by atoms with E-state index in [1.165, 1.54) is 5.57 Å². The molecule has 2 N–H and O–H groups in total. The molecule has 0 aromatic heterocycles. The van der Waals surface area contributed by atoms with Crippen LogP contribution in [0.15, 0.2) is 22.3 Å². The largest absolute Gasteiger partial charge is 0.368 e. The van der Waals surface area contributed by atoms with E-state index >= 15 is 0 Å². The Balaban J connectivity index is 2.03. The number of aliphatic hydroxyl groups excluding tert-OH is 1. The molecule has 0 aliphatic heterocycles. The molecule has 0 saturated heterocycles. The molecule has 0 spiro atoms. The molecule has 0 aromatic rings. The summed E-state index contributed by atoms with van der Waals surface area (Å²) >= 11 is 0. The second kappa shape index (κ2) is 4.21. The molecule has 3 aliphatic carbocycles. The van der Waals surface area contributed by atoms with Gasteiger partial charge < -0.3 is 10.2 Å². The van der Waals surface area contributed by atoms with Crippen molar-refractivity contribution in [2.45, 2.75) is 57.4 Å². The summed E-state index contributed by atoms with van der Waals surface area (Å²) in [7, 11) is 0. The summed E-state index contributed by atoms with van der Waals surface area (Å²) in [5, 5.41) is 18.4. The fourth-order valence-electron chi connectivity index (χ4n) is 3.86. The summed E-state index contributed by atoms with van der Waals surface area (Å²) in [6, 6.07) is 0. The summed E-state index contributed by atoms with van der Waals surface area (Å²) in [5.74, 6) is 0.0422. The highest BCUT2D eigenvalue weighted by molar-refractivity contribution is 5.49. The van der Waals surface area contributed by atoms with Gasteiger partial charge in [0.1, 0.15) is 6.17 Å². The van der Waals surface area contributed by atoms with Gasteiger partial charge in [0, 0.05) is 12.3 Å². The maximum atomic E-state index is 14.4. The Morgan fingerprint density at radius 1 is 1.12 bits per heavy atom. The van der Waals surface area contributed by atoms with E-state index < -0.39 is 12.5 Å². The fraction of sp³-hybridized carbons (Fsp3) is 0.714. The number of rotatable bonds is 2. The van der Waals surface area contributed by atoms with Crippen LogP contribution in [0.2, 0.25) is 0 Å². The smallest absolute Gasteiger partial charge is 0.155 e. The monoisotopic (exact) mass is 238 g/mol. The van der Waals surface area contributed by atoms with Crippen LogP contribution in [0.5, 0.6) is 0 Å². The zero-order valence-corrected chi connectivity index (χ0v) is 9.95. The average Bonchev–Trinajstić information content (AvgIpc) is 2.92. The molecule has 94 valence electrons. The lowest BCUT2D eigenvalue weighted by Gasteiger charge is -2.29. The van der Waals surface area contributed by atoms with Crippen LogP contribution in [0.1, 0.15) is 44.9 Å². The van der Waals surface area contributed by atoms with Crippen molar-refractivity contribution < 1.29 is 14.6 Å². The maximum Gasteiger partial charge on any atom is 0.155 e. The predicted octanol–water partition coefficient (Wildman–Crippen LogP) is 2.62. The molecule has 2 atom stereocenters. The van der Waals surface area contributed by atoms with Gasteiger partial charge in [-0.3, -0.25) is 0 Å². The standard InChI is InChI=1S/C14H19FO2/c15-14-10-5-1-3-8(10)12(7-13(16)17)9-4-2-6-11(9)14/h10,13-14,16-17H,1-7H2. The van der Waals surface area contributed by atoms with E-state index in [4.69, 9.17) is 0 Å². The molecule has 0 radical (unpaired) electrons. The normalized spacial score (nSPS) is 32.5. The van der Waals surface area contributed by atoms with Crippen molar-refractivity contribution in [1.82, 2.24) is 0 Å². The van der Waals surface area contributed by atoms with E-state index in [-0.39, 0.29) is 12.3 Å². The molecule has 3 aliphatic rings. The van der Waals surface area contributed by atoms with Crippen LogP contribution in [0, 0.1) is 5.92 Å². The van der Waals surface area contributed by atoms with Crippen molar-refractivity contribution in [1.29, 1.82) is 0 Å². The molecule has 2 nitrogen and oxygen atoms in total. The number of hydrogen-bond donors (Lipinski definition) is 2. The summed E-state index contributed by atoms with van der Waals surface area (Å²) in [6.07, 6.45) is 3.94. The highest BCUT2D eigenvalue weighted by Gasteiger charge is 2.40. The van der Waals surface area contributed by atoms with Crippen molar-refractivity contribution in [2.24, 2.45) is 5.92 Å². The first-order valence-corrected chi connectivity index (χ1v) is 6.63. The van der Waals surface area contributed by atoms with Crippen molar-refractivity contribution in [2.75, 3.05) is 0 Å². The average molecular weight is 238 g/mol. The van der Waals surface area contributed by atoms with Gasteiger partial charge in [-0.2, -0.15) is 0 Å². The Morgan fingerprint density at radius 2 is 1.88 bits per heavy atom. The van der Waals surface area contributed by atoms with Gasteiger partial charge in [0.15, 0.2) is 6.29 Å². The minimum atomic E-state index is -1.30. The Kier molecular flexibility index (Phi) is 2.83. The van der Waals surface area contributed by atoms with Crippen molar-refractivity contribution in [3.05, 3.63) is 22.3 Å². The lowest BCUT2D eigenvalue weighted by Crippen LogP contribution is -2.24. The summed E-state index contributed by atoms with van der Waals surface area (Å²) in [5.41, 5.74) is 4.37. The molecular formula is C14H19FO2. The summed E-state index contributed by atoms with van der Waals surface area (Å²) in [6.45, 7) is 0. The second-order valence-corrected chi connectivity index (χ2v) is 5.45. The zero-order valence-electron chi connectivity index (χ0n) is 9.95. The quantitative estimate of drug-likeness (QED) is 0.726. The molecule has 3 heteroatoms. The maximum absolute atomic E-state index is 14.4. The molecule has 17 heavy (non-hydrogen) atoms. The summed E-state index contributed by atoms with van der Waals surface area (Å²) in [4.78, 5) is 0. The molecule has 0 amide bonds. The lowest BCUT2D eigenvalue weighted by molar-refractivity contribution is -0.0381. The van der Waals surface area contributed by atoms with E-state index in [1.54, 1.807) is 0 Å². The Bertz CT molecular complexity index is 395. The van der Waals surface area contributed by atoms with Crippen LogP contribution in [0.4, 0.5) is 4.39 Å². The third-order valence-electron chi connectivity index (χ3n) is 4.49. The lowest BCUT2D eigenvalue weighted by atomic mass is 9.79. The van der Waals surface area contributed by atoms with Crippen LogP contribution in [0.25, 0.3) is 0 Å². The van der Waals surface area contributed by atoms with E-state index in [0.29, 0.717) is 0 Å². The highest BCUT2D eigenvalue weighted by Crippen LogP contribution is 2.51. The number of halogens is 1. The van der Waals surface area contributed by atoms with Crippen LogP contribution in [0.3, 0.4) is 0 Å². The Labute approximate surface area is 101 Å². The Morgan fingerprint density at radius 3 is 2.65 bits per heavy atom. The summed E-state index contributed by atoms with van der Waals surface area (Å²) < 4.78 is 14.4. The number of allylic oxidation sites excluding steroid dienone is 3. The molecule has 1 fully saturated rings. The highest BCUT2D eigenvalue weighted by atomic mass is 19.1. The molecule has 2 unspecified atom stereocenters. The van der Waals surface area contributed by atoms with E-state index in [0.717, 1.165) is 55.2 Å². The SMILES string of the molecule is OC(O)CC1=C2CCCC2C(F)C2=C1CCC2. The van der Waals surface area contributed by atoms with E-state index in [1.807, 2.05) is 0 Å². The first-order valence-electron chi connectivity index (χ1n) is 6.63. The molecular weight excluding hydrogens is 219 g/mol. The zero-order chi connectivity index (χ0) is 12.0. The molecule has 3 rings (SSSR count). The first kappa shape index (κ1) is 11.4. The number of hydrogen-bond acceptors (Lipinski definition) is 2. The molecule has 0 heterocycles. The van der Waals surface area contributed by atoms with Gasteiger partial charge in [-0.05, 0) is 55.2 Å². The van der Waals surface area contributed by atoms with Gasteiger partial charge in [-0.25, -0.2) is 4.39 Å². The Hall–Kier alpha value is -0.670. The van der Waals surface area contributed by atoms with Gasteiger partial charge in [0.25, 0.3) is 0 Å². The fourth-order valence-corrected chi connectivity index (χ4v) is 3.86. The molecule has 1 saturated carbocycles. The van der Waals surface area contributed by atoms with Gasteiger partial charge in [-0.15, -0.1) is 0 Å². The van der Waals surface area contributed by atoms with Crippen LogP contribution < -0.4 is 0 Å². The third-order valence-corrected chi connectivity index (χ3v) is 4.49. The van der Waals surface area contributed by atoms with Crippen molar-refractivity contribution in [3.63, 3.8) is 0 Å².